The smallest absolute Gasteiger partial charge is 0.305 e. The minimum Gasteiger partial charge on any atom is -0.469 e. The van der Waals surface area contributed by atoms with Gasteiger partial charge in [-0.1, -0.05) is 34.6 Å². The van der Waals surface area contributed by atoms with Crippen molar-refractivity contribution in [2.75, 3.05) is 7.11 Å². The number of methoxy groups -OCH3 is 1. The van der Waals surface area contributed by atoms with E-state index in [1.165, 1.54) is 7.11 Å². The number of esters is 1. The Labute approximate surface area is 208 Å². The summed E-state index contributed by atoms with van der Waals surface area (Å²) in [6, 6.07) is 0. The molecule has 3 N–H and O–H groups in total. The molecule has 0 bridgehead atoms. The molecule has 4 aliphatic rings. The van der Waals surface area contributed by atoms with Gasteiger partial charge < -0.3 is 20.1 Å². The molecule has 0 aromatic carbocycles. The van der Waals surface area contributed by atoms with Crippen LogP contribution in [0.25, 0.3) is 0 Å². The van der Waals surface area contributed by atoms with Crippen molar-refractivity contribution in [2.45, 2.75) is 98.4 Å². The molecule has 2 saturated carbocycles. The van der Waals surface area contributed by atoms with Crippen LogP contribution in [-0.4, -0.2) is 58.3 Å². The van der Waals surface area contributed by atoms with Crippen LogP contribution in [0.3, 0.4) is 0 Å². The monoisotopic (exact) mass is 490 g/mol. The van der Waals surface area contributed by atoms with Gasteiger partial charge >= 0.3 is 5.97 Å². The Kier molecular flexibility index (Phi) is 6.22. The molecule has 2 fully saturated rings. The van der Waals surface area contributed by atoms with E-state index in [9.17, 15) is 29.7 Å². The largest absolute Gasteiger partial charge is 0.469 e. The maximum absolute atomic E-state index is 14.1. The van der Waals surface area contributed by atoms with Gasteiger partial charge in [0.25, 0.3) is 0 Å². The number of ether oxygens (including phenoxy) is 1. The summed E-state index contributed by atoms with van der Waals surface area (Å²) in [5.41, 5.74) is -2.53. The van der Waals surface area contributed by atoms with Gasteiger partial charge in [-0.05, 0) is 66.8 Å². The van der Waals surface area contributed by atoms with Crippen LogP contribution in [0.5, 0.6) is 0 Å². The highest BCUT2D eigenvalue weighted by atomic mass is 16.5. The van der Waals surface area contributed by atoms with Crippen LogP contribution >= 0.6 is 0 Å². The van der Waals surface area contributed by atoms with Crippen LogP contribution in [0.4, 0.5) is 0 Å². The maximum atomic E-state index is 14.1. The molecule has 7 nitrogen and oxygen atoms in total. The van der Waals surface area contributed by atoms with Crippen LogP contribution in [0.1, 0.15) is 80.1 Å². The number of hydrogen-bond donors (Lipinski definition) is 3. The molecule has 0 spiro atoms. The molecule has 0 radical (unpaired) electrons. The molecule has 196 valence electrons. The first-order valence-electron chi connectivity index (χ1n) is 13.0. The third-order valence-corrected chi connectivity index (χ3v) is 11.2. The van der Waals surface area contributed by atoms with E-state index < -0.39 is 45.8 Å². The fourth-order valence-electron chi connectivity index (χ4n) is 8.77. The van der Waals surface area contributed by atoms with Crippen molar-refractivity contribution >= 4 is 17.5 Å². The van der Waals surface area contributed by atoms with Crippen molar-refractivity contribution in [3.63, 3.8) is 0 Å². The van der Waals surface area contributed by atoms with Gasteiger partial charge in [-0.2, -0.15) is 0 Å². The Hall–Kier alpha value is -1.57. The number of fused-ring (bicyclic) bond motifs is 4. The number of carbonyl (C=O) groups is 3. The zero-order valence-corrected chi connectivity index (χ0v) is 22.2. The quantitative estimate of drug-likeness (QED) is 0.518. The van der Waals surface area contributed by atoms with Crippen molar-refractivity contribution in [1.82, 2.24) is 0 Å². The van der Waals surface area contributed by atoms with Gasteiger partial charge in [0, 0.05) is 23.8 Å². The summed E-state index contributed by atoms with van der Waals surface area (Å²) in [6.45, 7) is 11.6. The van der Waals surface area contributed by atoms with Crippen LogP contribution in [0, 0.1) is 39.4 Å². The Morgan fingerprint density at radius 3 is 2.34 bits per heavy atom. The average molecular weight is 491 g/mol. The fraction of sp³-hybridized carbons (Fsp3) is 0.821. The Bertz CT molecular complexity index is 982. The lowest BCUT2D eigenvalue weighted by Crippen LogP contribution is -2.64. The first-order chi connectivity index (χ1) is 16.1. The summed E-state index contributed by atoms with van der Waals surface area (Å²) < 4.78 is 4.78. The third kappa shape index (κ3) is 3.23. The van der Waals surface area contributed by atoms with E-state index in [1.54, 1.807) is 0 Å². The van der Waals surface area contributed by atoms with E-state index in [4.69, 9.17) is 4.74 Å². The van der Waals surface area contributed by atoms with Crippen LogP contribution in [0.15, 0.2) is 11.1 Å². The van der Waals surface area contributed by atoms with E-state index >= 15 is 0 Å². The Morgan fingerprint density at radius 2 is 1.74 bits per heavy atom. The van der Waals surface area contributed by atoms with E-state index in [0.717, 1.165) is 0 Å². The zero-order chi connectivity index (χ0) is 26.3. The second-order valence-corrected chi connectivity index (χ2v) is 12.9. The van der Waals surface area contributed by atoms with E-state index in [-0.39, 0.29) is 42.3 Å². The van der Waals surface area contributed by atoms with Gasteiger partial charge in [-0.15, -0.1) is 0 Å². The molecule has 0 aromatic rings. The molecule has 4 rings (SSSR count). The second-order valence-electron chi connectivity index (χ2n) is 12.9. The molecule has 0 unspecified atom stereocenters. The molecule has 4 aliphatic carbocycles. The summed E-state index contributed by atoms with van der Waals surface area (Å²) >= 11 is 0. The van der Waals surface area contributed by atoms with Gasteiger partial charge in [0.2, 0.25) is 0 Å². The summed E-state index contributed by atoms with van der Waals surface area (Å²) in [5, 5.41) is 34.0. The molecule has 0 aromatic heterocycles. The van der Waals surface area contributed by atoms with Gasteiger partial charge in [0.1, 0.15) is 11.9 Å². The Morgan fingerprint density at radius 1 is 1.11 bits per heavy atom. The second kappa shape index (κ2) is 8.22. The predicted octanol–water partition coefficient (Wildman–Crippen LogP) is 2.99. The summed E-state index contributed by atoms with van der Waals surface area (Å²) in [7, 11) is 1.34. The molecule has 0 heterocycles. The molecule has 35 heavy (non-hydrogen) atoms. The van der Waals surface area contributed by atoms with Crippen molar-refractivity contribution in [3.8, 4) is 0 Å². The lowest BCUT2D eigenvalue weighted by Gasteiger charge is -2.62. The minimum absolute atomic E-state index is 0.0647. The lowest BCUT2D eigenvalue weighted by atomic mass is 9.42. The SMILES string of the molecule is COC(=O)CC[C@@H](C)[C@H]1CC(=O)[C@@]2(C)C3=C(C(=O)[C@@H](O)[C@]12C)[C@@]1(C)CC[C@H](O)C(C)(C)[C@@H]1C[C@@H]3O. The maximum Gasteiger partial charge on any atom is 0.305 e. The molecular weight excluding hydrogens is 448 g/mol. The minimum atomic E-state index is -1.39. The highest BCUT2D eigenvalue weighted by molar-refractivity contribution is 6.07. The van der Waals surface area contributed by atoms with Gasteiger partial charge in [-0.3, -0.25) is 14.4 Å². The number of aliphatic hydroxyl groups is 3. The zero-order valence-electron chi connectivity index (χ0n) is 22.2. The topological polar surface area (TPSA) is 121 Å². The normalized spacial score (nSPS) is 45.5. The number of aliphatic hydroxyl groups excluding tert-OH is 3. The van der Waals surface area contributed by atoms with Crippen molar-refractivity contribution in [2.24, 2.45) is 39.4 Å². The predicted molar refractivity (Wildman–Crippen MR) is 129 cm³/mol. The van der Waals surface area contributed by atoms with Crippen LogP contribution < -0.4 is 0 Å². The molecule has 0 saturated heterocycles. The van der Waals surface area contributed by atoms with Crippen molar-refractivity contribution in [3.05, 3.63) is 11.1 Å². The number of rotatable bonds is 4. The van der Waals surface area contributed by atoms with Crippen LogP contribution in [0.2, 0.25) is 0 Å². The third-order valence-electron chi connectivity index (χ3n) is 11.2. The Balaban J connectivity index is 1.86. The number of carbonyl (C=O) groups excluding carboxylic acids is 3. The molecule has 0 amide bonds. The average Bonchev–Trinajstić information content (AvgIpc) is 3.01. The number of ketones is 2. The van der Waals surface area contributed by atoms with Gasteiger partial charge in [0.05, 0.1) is 24.7 Å². The molecular formula is C28H42O7. The number of Topliss-reactive ketones (excluding diaryl/α,β-unsaturated/α-hetero) is 2. The summed E-state index contributed by atoms with van der Waals surface area (Å²) in [4.78, 5) is 39.7. The summed E-state index contributed by atoms with van der Waals surface area (Å²) in [5.74, 6) is -1.38. The molecule has 9 atom stereocenters. The standard InChI is InChI=1S/C28H42O7/c1-14(8-9-20(32)35-7)15-12-19(31)28(6)21-16(29)13-17-25(2,3)18(30)10-11-26(17,4)22(21)23(33)24(34)27(15,28)5/h14-18,24,29-30,34H,8-13H2,1-7H3/t14-,15-,16+,17+,18+,24-,26+,27+,28+/m1/s1. The highest BCUT2D eigenvalue weighted by Crippen LogP contribution is 2.70. The lowest BCUT2D eigenvalue weighted by molar-refractivity contribution is -0.160. The highest BCUT2D eigenvalue weighted by Gasteiger charge is 2.73. The first-order valence-corrected chi connectivity index (χ1v) is 13.0. The fourth-order valence-corrected chi connectivity index (χ4v) is 8.77. The van der Waals surface area contributed by atoms with Crippen molar-refractivity contribution in [1.29, 1.82) is 0 Å². The van der Waals surface area contributed by atoms with Crippen LogP contribution in [-0.2, 0) is 19.1 Å². The van der Waals surface area contributed by atoms with Gasteiger partial charge in [0.15, 0.2) is 5.78 Å². The van der Waals surface area contributed by atoms with E-state index in [0.29, 0.717) is 36.8 Å². The van der Waals surface area contributed by atoms with E-state index in [2.05, 4.69) is 0 Å². The molecule has 7 heteroatoms. The molecule has 0 aliphatic heterocycles. The van der Waals surface area contributed by atoms with E-state index in [1.807, 2.05) is 41.5 Å². The van der Waals surface area contributed by atoms with Crippen molar-refractivity contribution < 1.29 is 34.4 Å². The van der Waals surface area contributed by atoms with Gasteiger partial charge in [-0.25, -0.2) is 0 Å². The summed E-state index contributed by atoms with van der Waals surface area (Å²) in [6.07, 6.45) is -0.616. The number of hydrogen-bond acceptors (Lipinski definition) is 7. The first kappa shape index (κ1) is 26.5.